The number of hydrogen-bond donors (Lipinski definition) is 4. The van der Waals surface area contributed by atoms with Crippen molar-refractivity contribution in [3.63, 3.8) is 0 Å². The van der Waals surface area contributed by atoms with Crippen LogP contribution >= 0.6 is 0 Å². The van der Waals surface area contributed by atoms with E-state index in [1.165, 1.54) is 0 Å². The number of nitrogens with two attached hydrogens (primary N) is 2. The Balaban J connectivity index is 2.09. The van der Waals surface area contributed by atoms with Gasteiger partial charge in [-0.2, -0.15) is 4.79 Å². The van der Waals surface area contributed by atoms with Crippen molar-refractivity contribution in [1.29, 1.82) is 10.8 Å². The van der Waals surface area contributed by atoms with Crippen LogP contribution in [0.15, 0.2) is 47.5 Å². The van der Waals surface area contributed by atoms with Gasteiger partial charge in [-0.1, -0.05) is 30.3 Å². The first-order chi connectivity index (χ1) is 11.0. The number of hydrogen-bond acceptors (Lipinski definition) is 3. The molecule has 2 aromatic carbocycles. The van der Waals surface area contributed by atoms with Gasteiger partial charge in [0.2, 0.25) is 0 Å². The van der Waals surface area contributed by atoms with Gasteiger partial charge in [0, 0.05) is 16.7 Å². The molecule has 0 radical (unpaired) electrons. The second-order valence-corrected chi connectivity index (χ2v) is 5.05. The van der Waals surface area contributed by atoms with Gasteiger partial charge in [0.05, 0.1) is 11.3 Å². The zero-order chi connectivity index (χ0) is 16.6. The highest BCUT2D eigenvalue weighted by molar-refractivity contribution is 6.55. The van der Waals surface area contributed by atoms with Gasteiger partial charge in [-0.05, 0) is 12.1 Å². The van der Waals surface area contributed by atoms with Crippen LogP contribution in [0.2, 0.25) is 0 Å². The average Bonchev–Trinajstić information content (AvgIpc) is 2.92. The highest BCUT2D eigenvalue weighted by Gasteiger charge is 2.31. The van der Waals surface area contributed by atoms with Crippen LogP contribution in [-0.4, -0.2) is 27.9 Å². The maximum Gasteiger partial charge on any atom is 0.350 e. The van der Waals surface area contributed by atoms with Gasteiger partial charge >= 0.3 is 5.71 Å². The van der Waals surface area contributed by atoms with Crippen molar-refractivity contribution in [3.05, 3.63) is 70.2 Å². The second-order valence-electron chi connectivity index (χ2n) is 5.05. The standard InChI is InChI=1S/C16H13N7/c17-15(18)9-3-1-8(2-4-9)13-14(23-21)11-6-5-10(16(19)20)7-12(11)22-13/h1-7H,(H3,17,18)(H3,19,20). The highest BCUT2D eigenvalue weighted by Crippen LogP contribution is 2.29. The van der Waals surface area contributed by atoms with Crippen LogP contribution in [0.1, 0.15) is 22.3 Å². The SMILES string of the molecule is [N-]=[N+]=C1C(c2ccc(C(=N)N)cc2)=Nc2cc(C(=N)N)ccc21. The number of nitrogen functional groups attached to an aromatic ring is 2. The summed E-state index contributed by atoms with van der Waals surface area (Å²) in [5.74, 6) is -0.0694. The normalized spacial score (nSPS) is 12.3. The fourth-order valence-electron chi connectivity index (χ4n) is 2.40. The van der Waals surface area contributed by atoms with E-state index in [9.17, 15) is 5.53 Å². The predicted molar refractivity (Wildman–Crippen MR) is 88.8 cm³/mol. The Morgan fingerprint density at radius 1 is 0.957 bits per heavy atom. The molecule has 0 spiro atoms. The van der Waals surface area contributed by atoms with Gasteiger partial charge in [-0.15, -0.1) is 0 Å². The monoisotopic (exact) mass is 303 g/mol. The molecule has 0 atom stereocenters. The van der Waals surface area contributed by atoms with Crippen molar-refractivity contribution < 1.29 is 4.79 Å². The van der Waals surface area contributed by atoms with Crippen LogP contribution < -0.4 is 11.5 Å². The Kier molecular flexibility index (Phi) is 3.33. The first kappa shape index (κ1) is 14.4. The van der Waals surface area contributed by atoms with Crippen molar-refractivity contribution in [2.75, 3.05) is 0 Å². The molecule has 1 aliphatic heterocycles. The third-order valence-corrected chi connectivity index (χ3v) is 3.59. The maximum absolute atomic E-state index is 9.35. The molecule has 0 amide bonds. The van der Waals surface area contributed by atoms with Crippen molar-refractivity contribution in [2.45, 2.75) is 0 Å². The van der Waals surface area contributed by atoms with Crippen LogP contribution in [0, 0.1) is 10.8 Å². The summed E-state index contributed by atoms with van der Waals surface area (Å²) >= 11 is 0. The molecule has 0 bridgehead atoms. The molecule has 6 N–H and O–H groups in total. The lowest BCUT2D eigenvalue weighted by atomic mass is 10.00. The van der Waals surface area contributed by atoms with E-state index in [0.29, 0.717) is 33.8 Å². The number of fused-ring (bicyclic) bond motifs is 1. The van der Waals surface area contributed by atoms with Crippen molar-refractivity contribution in [1.82, 2.24) is 0 Å². The summed E-state index contributed by atoms with van der Waals surface area (Å²) in [7, 11) is 0. The van der Waals surface area contributed by atoms with Gasteiger partial charge in [0.1, 0.15) is 11.7 Å². The molecule has 23 heavy (non-hydrogen) atoms. The van der Waals surface area contributed by atoms with E-state index in [-0.39, 0.29) is 11.7 Å². The summed E-state index contributed by atoms with van der Waals surface area (Å²) in [6.07, 6.45) is 0. The minimum absolute atomic E-state index is 0.0182. The summed E-state index contributed by atoms with van der Waals surface area (Å²) in [4.78, 5) is 7.83. The Morgan fingerprint density at radius 2 is 1.57 bits per heavy atom. The summed E-state index contributed by atoms with van der Waals surface area (Å²) in [5.41, 5.74) is 24.3. The molecule has 0 fully saturated rings. The second kappa shape index (κ2) is 5.32. The molecule has 1 aliphatic rings. The topological polar surface area (TPSA) is 149 Å². The molecule has 0 unspecified atom stereocenters. The number of aliphatic imine (C=N–C) groups is 1. The van der Waals surface area contributed by atoms with E-state index >= 15 is 0 Å². The van der Waals surface area contributed by atoms with Crippen LogP contribution in [0.5, 0.6) is 0 Å². The first-order valence-corrected chi connectivity index (χ1v) is 6.76. The largest absolute Gasteiger partial charge is 0.384 e. The molecule has 0 saturated heterocycles. The molecule has 7 nitrogen and oxygen atoms in total. The molecule has 7 heteroatoms. The van der Waals surface area contributed by atoms with E-state index in [4.69, 9.17) is 22.3 Å². The summed E-state index contributed by atoms with van der Waals surface area (Å²) < 4.78 is 0. The third kappa shape index (κ3) is 2.41. The van der Waals surface area contributed by atoms with Gasteiger partial charge in [0.25, 0.3) is 0 Å². The van der Waals surface area contributed by atoms with Gasteiger partial charge in [0.15, 0.2) is 5.71 Å². The van der Waals surface area contributed by atoms with Crippen LogP contribution in [-0.2, 0) is 0 Å². The molecule has 0 saturated carbocycles. The van der Waals surface area contributed by atoms with E-state index < -0.39 is 0 Å². The zero-order valence-corrected chi connectivity index (χ0v) is 12.0. The summed E-state index contributed by atoms with van der Waals surface area (Å²) in [6.45, 7) is 0. The number of nitrogens with zero attached hydrogens (tertiary/aromatic N) is 3. The fraction of sp³-hybridized carbons (Fsp3) is 0. The van der Waals surface area contributed by atoms with E-state index in [0.717, 1.165) is 5.56 Å². The average molecular weight is 303 g/mol. The molecular formula is C16H13N7. The number of benzene rings is 2. The molecule has 1 heterocycles. The molecule has 3 rings (SSSR count). The maximum atomic E-state index is 9.35. The van der Waals surface area contributed by atoms with Crippen LogP contribution in [0.25, 0.3) is 5.53 Å². The lowest BCUT2D eigenvalue weighted by Crippen LogP contribution is -2.15. The minimum Gasteiger partial charge on any atom is -0.384 e. The molecule has 112 valence electrons. The molecule has 0 aliphatic carbocycles. The van der Waals surface area contributed by atoms with Crippen molar-refractivity contribution in [3.8, 4) is 0 Å². The quantitative estimate of drug-likeness (QED) is 0.293. The number of nitrogens with one attached hydrogen (secondary N) is 2. The third-order valence-electron chi connectivity index (χ3n) is 3.59. The van der Waals surface area contributed by atoms with Crippen molar-refractivity contribution >= 4 is 28.8 Å². The van der Waals surface area contributed by atoms with Gasteiger partial charge in [-0.3, -0.25) is 10.8 Å². The predicted octanol–water partition coefficient (Wildman–Crippen LogP) is 1.41. The van der Waals surface area contributed by atoms with Crippen LogP contribution in [0.4, 0.5) is 5.69 Å². The van der Waals surface area contributed by atoms with E-state index in [2.05, 4.69) is 9.78 Å². The Morgan fingerprint density at radius 3 is 2.13 bits per heavy atom. The van der Waals surface area contributed by atoms with Crippen LogP contribution in [0.3, 0.4) is 0 Å². The van der Waals surface area contributed by atoms with Gasteiger partial charge < -0.3 is 17.0 Å². The zero-order valence-electron chi connectivity index (χ0n) is 12.0. The first-order valence-electron chi connectivity index (χ1n) is 6.76. The highest BCUT2D eigenvalue weighted by atomic mass is 14.9. The smallest absolute Gasteiger partial charge is 0.350 e. The molecule has 2 aromatic rings. The number of rotatable bonds is 3. The lowest BCUT2D eigenvalue weighted by Gasteiger charge is -2.00. The summed E-state index contributed by atoms with van der Waals surface area (Å²) in [5, 5.41) is 14.9. The van der Waals surface area contributed by atoms with E-state index in [1.54, 1.807) is 42.5 Å². The van der Waals surface area contributed by atoms with Crippen molar-refractivity contribution in [2.24, 2.45) is 16.5 Å². The Labute approximate surface area is 131 Å². The van der Waals surface area contributed by atoms with E-state index in [1.807, 2.05) is 0 Å². The number of amidine groups is 2. The fourth-order valence-corrected chi connectivity index (χ4v) is 2.40. The van der Waals surface area contributed by atoms with Gasteiger partial charge in [-0.25, -0.2) is 4.99 Å². The Hall–Kier alpha value is -3.57. The minimum atomic E-state index is -0.0512. The lowest BCUT2D eigenvalue weighted by molar-refractivity contribution is -0.000143. The molecule has 0 aromatic heterocycles. The summed E-state index contributed by atoms with van der Waals surface area (Å²) in [6, 6.07) is 12.0. The molecular weight excluding hydrogens is 290 g/mol. The Bertz CT molecular complexity index is 916.